The van der Waals surface area contributed by atoms with E-state index in [1.807, 2.05) is 6.92 Å². The van der Waals surface area contributed by atoms with Crippen molar-refractivity contribution in [1.29, 1.82) is 0 Å². The lowest BCUT2D eigenvalue weighted by Crippen LogP contribution is -2.39. The highest BCUT2D eigenvalue weighted by Gasteiger charge is 2.16. The second kappa shape index (κ2) is 13.2. The summed E-state index contributed by atoms with van der Waals surface area (Å²) in [6.45, 7) is 9.57. The normalized spacial score (nSPS) is 17.1. The molecule has 1 aromatic rings. The summed E-state index contributed by atoms with van der Waals surface area (Å²) in [7, 11) is 0. The summed E-state index contributed by atoms with van der Waals surface area (Å²) in [4.78, 5) is 7.06. The molecule has 2 aliphatic heterocycles. The van der Waals surface area contributed by atoms with Crippen molar-refractivity contribution < 1.29 is 18.6 Å². The number of rotatable bonds is 8. The van der Waals surface area contributed by atoms with Crippen molar-refractivity contribution in [2.75, 3.05) is 59.3 Å². The molecule has 0 bridgehead atoms. The molecule has 1 saturated heterocycles. The molecule has 164 valence electrons. The van der Waals surface area contributed by atoms with Gasteiger partial charge in [-0.1, -0.05) is 0 Å². The minimum atomic E-state index is -0.258. The van der Waals surface area contributed by atoms with Crippen LogP contribution < -0.4 is 15.4 Å². The minimum Gasteiger partial charge on any atom is -0.467 e. The number of ether oxygens (including phenoxy) is 3. The van der Waals surface area contributed by atoms with Gasteiger partial charge in [-0.15, -0.1) is 24.0 Å². The van der Waals surface area contributed by atoms with Crippen LogP contribution in [-0.2, 0) is 22.5 Å². The van der Waals surface area contributed by atoms with Crippen molar-refractivity contribution in [3.8, 4) is 5.75 Å². The average molecular weight is 522 g/mol. The minimum absolute atomic E-state index is 0. The van der Waals surface area contributed by atoms with Gasteiger partial charge in [0.1, 0.15) is 11.6 Å². The van der Waals surface area contributed by atoms with Gasteiger partial charge >= 0.3 is 0 Å². The van der Waals surface area contributed by atoms with Crippen LogP contribution in [0.2, 0.25) is 0 Å². The maximum Gasteiger partial charge on any atom is 0.191 e. The molecule has 1 fully saturated rings. The molecule has 2 aliphatic rings. The van der Waals surface area contributed by atoms with Gasteiger partial charge in [-0.25, -0.2) is 4.39 Å². The second-order valence-electron chi connectivity index (χ2n) is 6.91. The number of hydrogen-bond acceptors (Lipinski definition) is 5. The Hall–Kier alpha value is -1.17. The molecule has 0 atom stereocenters. The van der Waals surface area contributed by atoms with Crippen molar-refractivity contribution in [3.05, 3.63) is 29.1 Å². The summed E-state index contributed by atoms with van der Waals surface area (Å²) in [5.41, 5.74) is 1.62. The van der Waals surface area contributed by atoms with Crippen molar-refractivity contribution in [2.45, 2.75) is 26.4 Å². The van der Waals surface area contributed by atoms with Gasteiger partial charge in [-0.05, 0) is 37.5 Å². The van der Waals surface area contributed by atoms with E-state index in [4.69, 9.17) is 14.2 Å². The molecule has 0 unspecified atom stereocenters. The fourth-order valence-corrected chi connectivity index (χ4v) is 3.41. The standard InChI is InChI=1S/C20H31FN4O3.HI/c1-2-22-20(23-5-3-7-25-8-10-26-11-9-25)24-6-4-16-12-18(21)13-17-14-27-15-28-19(16)17;/h12-13H,2-11,14-15H2,1H3,(H2,22,23,24);1H. The van der Waals surface area contributed by atoms with Crippen LogP contribution in [0.25, 0.3) is 0 Å². The Morgan fingerprint density at radius 2 is 2.03 bits per heavy atom. The lowest BCUT2D eigenvalue weighted by atomic mass is 10.1. The van der Waals surface area contributed by atoms with Gasteiger partial charge in [-0.2, -0.15) is 0 Å². The van der Waals surface area contributed by atoms with E-state index in [9.17, 15) is 4.39 Å². The first-order valence-electron chi connectivity index (χ1n) is 10.1. The largest absolute Gasteiger partial charge is 0.467 e. The molecular weight excluding hydrogens is 490 g/mol. The van der Waals surface area contributed by atoms with Crippen LogP contribution in [-0.4, -0.2) is 70.1 Å². The third-order valence-electron chi connectivity index (χ3n) is 4.79. The number of morpholine rings is 1. The Bertz CT molecular complexity index is 657. The van der Waals surface area contributed by atoms with Gasteiger partial charge in [0.05, 0.1) is 19.8 Å². The van der Waals surface area contributed by atoms with E-state index in [1.165, 1.54) is 12.1 Å². The summed E-state index contributed by atoms with van der Waals surface area (Å²) in [6.07, 6.45) is 1.67. The highest BCUT2D eigenvalue weighted by molar-refractivity contribution is 14.0. The number of nitrogens with one attached hydrogen (secondary N) is 2. The number of hydrogen-bond donors (Lipinski definition) is 2. The zero-order chi connectivity index (χ0) is 19.6. The quantitative estimate of drug-likeness (QED) is 0.236. The summed E-state index contributed by atoms with van der Waals surface area (Å²) in [6, 6.07) is 3.02. The molecular formula is C20H32FIN4O3. The second-order valence-corrected chi connectivity index (χ2v) is 6.91. The van der Waals surface area contributed by atoms with Crippen LogP contribution in [0.4, 0.5) is 4.39 Å². The van der Waals surface area contributed by atoms with E-state index in [2.05, 4.69) is 20.5 Å². The first-order chi connectivity index (χ1) is 13.8. The number of fused-ring (bicyclic) bond motifs is 1. The van der Waals surface area contributed by atoms with E-state index >= 15 is 0 Å². The summed E-state index contributed by atoms with van der Waals surface area (Å²) in [5.74, 6) is 1.28. The number of aliphatic imine (C=N–C) groups is 1. The van der Waals surface area contributed by atoms with Crippen LogP contribution in [0.5, 0.6) is 5.75 Å². The van der Waals surface area contributed by atoms with E-state index in [0.717, 1.165) is 75.2 Å². The van der Waals surface area contributed by atoms with E-state index in [0.29, 0.717) is 19.6 Å². The van der Waals surface area contributed by atoms with Gasteiger partial charge in [0.2, 0.25) is 0 Å². The van der Waals surface area contributed by atoms with Crippen molar-refractivity contribution in [1.82, 2.24) is 15.5 Å². The number of nitrogens with zero attached hydrogens (tertiary/aromatic N) is 2. The smallest absolute Gasteiger partial charge is 0.191 e. The van der Waals surface area contributed by atoms with Crippen LogP contribution >= 0.6 is 24.0 Å². The lowest BCUT2D eigenvalue weighted by Gasteiger charge is -2.26. The zero-order valence-electron chi connectivity index (χ0n) is 17.0. The number of benzene rings is 1. The Balaban J connectivity index is 0.00000300. The van der Waals surface area contributed by atoms with Crippen LogP contribution in [0.1, 0.15) is 24.5 Å². The fourth-order valence-electron chi connectivity index (χ4n) is 3.41. The third-order valence-corrected chi connectivity index (χ3v) is 4.79. The first-order valence-corrected chi connectivity index (χ1v) is 10.1. The van der Waals surface area contributed by atoms with Gasteiger partial charge in [-0.3, -0.25) is 9.89 Å². The molecule has 29 heavy (non-hydrogen) atoms. The molecule has 2 N–H and O–H groups in total. The highest BCUT2D eigenvalue weighted by Crippen LogP contribution is 2.29. The zero-order valence-corrected chi connectivity index (χ0v) is 19.4. The molecule has 2 heterocycles. The maximum atomic E-state index is 13.8. The molecule has 0 radical (unpaired) electrons. The van der Waals surface area contributed by atoms with Gasteiger partial charge in [0.15, 0.2) is 12.8 Å². The van der Waals surface area contributed by atoms with Crippen molar-refractivity contribution in [2.24, 2.45) is 4.99 Å². The monoisotopic (exact) mass is 522 g/mol. The summed E-state index contributed by atoms with van der Waals surface area (Å²) in [5, 5.41) is 6.59. The van der Waals surface area contributed by atoms with E-state index < -0.39 is 0 Å². The number of halogens is 2. The van der Waals surface area contributed by atoms with Gasteiger partial charge in [0, 0.05) is 44.8 Å². The Morgan fingerprint density at radius 1 is 1.21 bits per heavy atom. The van der Waals surface area contributed by atoms with Crippen LogP contribution in [0.3, 0.4) is 0 Å². The molecule has 0 aromatic heterocycles. The third kappa shape index (κ3) is 7.88. The predicted molar refractivity (Wildman–Crippen MR) is 122 cm³/mol. The number of guanidine groups is 1. The molecule has 3 rings (SSSR count). The summed E-state index contributed by atoms with van der Waals surface area (Å²) >= 11 is 0. The summed E-state index contributed by atoms with van der Waals surface area (Å²) < 4.78 is 30.0. The Kier molecular flexibility index (Phi) is 11.0. The predicted octanol–water partition coefficient (Wildman–Crippen LogP) is 2.13. The van der Waals surface area contributed by atoms with Gasteiger partial charge < -0.3 is 24.8 Å². The SMILES string of the molecule is CCNC(=NCCCN1CCOCC1)NCCc1cc(F)cc2c1OCOC2.I. The lowest BCUT2D eigenvalue weighted by molar-refractivity contribution is -0.0172. The molecule has 1 aromatic carbocycles. The maximum absolute atomic E-state index is 13.8. The molecule has 0 saturated carbocycles. The topological polar surface area (TPSA) is 67.4 Å². The molecule has 9 heteroatoms. The average Bonchev–Trinajstić information content (AvgIpc) is 2.71. The van der Waals surface area contributed by atoms with E-state index in [-0.39, 0.29) is 36.6 Å². The van der Waals surface area contributed by atoms with Crippen molar-refractivity contribution in [3.63, 3.8) is 0 Å². The molecule has 0 spiro atoms. The highest BCUT2D eigenvalue weighted by atomic mass is 127. The van der Waals surface area contributed by atoms with Crippen molar-refractivity contribution >= 4 is 29.9 Å². The fraction of sp³-hybridized carbons (Fsp3) is 0.650. The molecule has 0 aliphatic carbocycles. The molecule has 7 nitrogen and oxygen atoms in total. The Morgan fingerprint density at radius 3 is 2.83 bits per heavy atom. The molecule has 0 amide bonds. The Labute approximate surface area is 189 Å². The first kappa shape index (κ1) is 24.1. The van der Waals surface area contributed by atoms with E-state index in [1.54, 1.807) is 0 Å². The van der Waals surface area contributed by atoms with Crippen LogP contribution in [0.15, 0.2) is 17.1 Å². The van der Waals surface area contributed by atoms with Gasteiger partial charge in [0.25, 0.3) is 0 Å². The van der Waals surface area contributed by atoms with Crippen LogP contribution in [0, 0.1) is 5.82 Å².